The minimum atomic E-state index is -0.684. The number of aromatic hydroxyl groups is 2. The zero-order valence-electron chi connectivity index (χ0n) is 18.9. The van der Waals surface area contributed by atoms with Crippen LogP contribution in [-0.2, 0) is 20.8 Å². The summed E-state index contributed by atoms with van der Waals surface area (Å²) < 4.78 is 5.47. The normalized spacial score (nSPS) is 18.5. The average Bonchev–Trinajstić information content (AvgIpc) is 2.72. The maximum atomic E-state index is 12.7. The zero-order chi connectivity index (χ0) is 23.5. The Morgan fingerprint density at radius 2 is 1.91 bits per heavy atom. The number of esters is 1. The number of rotatable bonds is 5. The average molecular weight is 445 g/mol. The molecule has 0 aliphatic carbocycles. The van der Waals surface area contributed by atoms with Crippen LogP contribution < -0.4 is 0 Å². The first-order chi connectivity index (χ1) is 15.3. The maximum absolute atomic E-state index is 12.7. The smallest absolute Gasteiger partial charge is 0.342 e. The molecule has 0 spiro atoms. The molecule has 1 aromatic rings. The molecule has 0 radical (unpaired) electrons. The molecule has 1 aliphatic rings. The number of ether oxygens (including phenoxy) is 1. The number of likely N-dealkylation sites (N-methyl/N-ethyl adjacent to an activating group) is 1. The van der Waals surface area contributed by atoms with Crippen LogP contribution in [0.5, 0.6) is 11.5 Å². The molecule has 1 amide bonds. The number of hydrogen-bond acceptors (Lipinski definition) is 7. The number of hydrogen-bond donors (Lipinski definition) is 2. The van der Waals surface area contributed by atoms with Crippen LogP contribution in [-0.4, -0.2) is 58.5 Å². The van der Waals surface area contributed by atoms with Crippen LogP contribution in [0.15, 0.2) is 41.6 Å². The molecule has 0 bridgehead atoms. The Morgan fingerprint density at radius 1 is 1.19 bits per heavy atom. The van der Waals surface area contributed by atoms with Gasteiger partial charge in [-0.1, -0.05) is 23.4 Å². The van der Waals surface area contributed by atoms with Crippen molar-refractivity contribution >= 4 is 17.6 Å². The van der Waals surface area contributed by atoms with Crippen molar-refractivity contribution in [3.8, 4) is 11.5 Å². The highest BCUT2D eigenvalue weighted by Gasteiger charge is 2.22. The number of carbonyl (C=O) groups is 2. The van der Waals surface area contributed by atoms with E-state index in [0.717, 1.165) is 18.9 Å². The highest BCUT2D eigenvalue weighted by atomic mass is 16.6. The third-order valence-electron chi connectivity index (χ3n) is 5.00. The van der Waals surface area contributed by atoms with Crippen molar-refractivity contribution < 1.29 is 29.4 Å². The highest BCUT2D eigenvalue weighted by molar-refractivity contribution is 6.00. The van der Waals surface area contributed by atoms with E-state index in [1.54, 1.807) is 17.9 Å². The predicted octanol–water partition coefficient (Wildman–Crippen LogP) is 3.72. The van der Waals surface area contributed by atoms with Gasteiger partial charge in [-0.2, -0.15) is 0 Å². The van der Waals surface area contributed by atoms with E-state index in [-0.39, 0.29) is 42.1 Å². The topological polar surface area (TPSA) is 109 Å². The molecule has 0 saturated carbocycles. The summed E-state index contributed by atoms with van der Waals surface area (Å²) >= 11 is 0. The molecule has 8 nitrogen and oxygen atoms in total. The van der Waals surface area contributed by atoms with E-state index in [1.165, 1.54) is 6.07 Å². The second kappa shape index (κ2) is 12.5. The summed E-state index contributed by atoms with van der Waals surface area (Å²) in [6, 6.07) is 2.48. The number of nitrogens with zero attached hydrogens (tertiary/aromatic N) is 2. The van der Waals surface area contributed by atoms with Crippen molar-refractivity contribution in [2.45, 2.75) is 52.6 Å². The van der Waals surface area contributed by atoms with Crippen LogP contribution in [0, 0.1) is 0 Å². The first-order valence-corrected chi connectivity index (χ1v) is 10.9. The van der Waals surface area contributed by atoms with Crippen molar-refractivity contribution in [1.82, 2.24) is 4.90 Å². The van der Waals surface area contributed by atoms with Gasteiger partial charge in [-0.15, -0.1) is 0 Å². The Bertz CT molecular complexity index is 887. The molecule has 0 unspecified atom stereocenters. The van der Waals surface area contributed by atoms with Crippen LogP contribution in [0.4, 0.5) is 0 Å². The molecule has 2 N–H and O–H groups in total. The number of phenolic OH excluding ortho intramolecular Hbond substituents is 2. The van der Waals surface area contributed by atoms with Gasteiger partial charge in [-0.3, -0.25) is 4.79 Å². The Labute approximate surface area is 188 Å². The highest BCUT2D eigenvalue weighted by Crippen LogP contribution is 2.29. The van der Waals surface area contributed by atoms with Crippen molar-refractivity contribution in [1.29, 1.82) is 0 Å². The summed E-state index contributed by atoms with van der Waals surface area (Å²) in [6.45, 7) is 6.50. The Balaban J connectivity index is 2.34. The fourth-order valence-corrected chi connectivity index (χ4v) is 3.31. The van der Waals surface area contributed by atoms with Gasteiger partial charge in [-0.05, 0) is 51.3 Å². The van der Waals surface area contributed by atoms with E-state index in [0.29, 0.717) is 30.8 Å². The summed E-state index contributed by atoms with van der Waals surface area (Å²) in [5.41, 5.74) is 0.746. The summed E-state index contributed by atoms with van der Waals surface area (Å²) in [5.74, 6) is -1.42. The third-order valence-corrected chi connectivity index (χ3v) is 5.00. The fourth-order valence-electron chi connectivity index (χ4n) is 3.31. The molecule has 1 heterocycles. The lowest BCUT2D eigenvalue weighted by Crippen LogP contribution is -2.33. The van der Waals surface area contributed by atoms with Gasteiger partial charge in [0.15, 0.2) is 6.61 Å². The van der Waals surface area contributed by atoms with Crippen LogP contribution >= 0.6 is 0 Å². The van der Waals surface area contributed by atoms with Gasteiger partial charge in [0.1, 0.15) is 23.2 Å². The molecule has 8 heteroatoms. The lowest BCUT2D eigenvalue weighted by Gasteiger charge is -2.17. The van der Waals surface area contributed by atoms with Crippen LogP contribution in [0.3, 0.4) is 0 Å². The van der Waals surface area contributed by atoms with Crippen molar-refractivity contribution in [2.24, 2.45) is 5.16 Å². The number of amides is 1. The van der Waals surface area contributed by atoms with Crippen molar-refractivity contribution in [3.05, 3.63) is 47.6 Å². The van der Waals surface area contributed by atoms with Gasteiger partial charge < -0.3 is 24.7 Å². The molecular weight excluding hydrogens is 412 g/mol. The summed E-state index contributed by atoms with van der Waals surface area (Å²) in [5, 5.41) is 24.4. The third kappa shape index (κ3) is 7.44. The van der Waals surface area contributed by atoms with Gasteiger partial charge in [0.05, 0.1) is 5.71 Å². The molecule has 0 aromatic heterocycles. The molecule has 2 rings (SSSR count). The summed E-state index contributed by atoms with van der Waals surface area (Å²) in [6.07, 6.45) is 9.49. The minimum Gasteiger partial charge on any atom is -0.508 e. The van der Waals surface area contributed by atoms with Crippen molar-refractivity contribution in [2.75, 3.05) is 19.7 Å². The Kier molecular flexibility index (Phi) is 9.78. The van der Waals surface area contributed by atoms with E-state index in [1.807, 2.05) is 32.1 Å². The van der Waals surface area contributed by atoms with Crippen molar-refractivity contribution in [3.63, 3.8) is 0 Å². The maximum Gasteiger partial charge on any atom is 0.342 e. The van der Waals surface area contributed by atoms with Gasteiger partial charge in [-0.25, -0.2) is 4.79 Å². The number of oxime groups is 1. The van der Waals surface area contributed by atoms with Crippen LogP contribution in [0.2, 0.25) is 0 Å². The number of phenols is 2. The summed E-state index contributed by atoms with van der Waals surface area (Å²) in [4.78, 5) is 31.8. The monoisotopic (exact) mass is 444 g/mol. The largest absolute Gasteiger partial charge is 0.508 e. The predicted molar refractivity (Wildman–Crippen MR) is 122 cm³/mol. The lowest BCUT2D eigenvalue weighted by molar-refractivity contribution is -0.135. The van der Waals surface area contributed by atoms with E-state index >= 15 is 0 Å². The van der Waals surface area contributed by atoms with E-state index in [4.69, 9.17) is 9.57 Å². The number of carbonyl (C=O) groups excluding carboxylic acids is 2. The first kappa shape index (κ1) is 25.0. The van der Waals surface area contributed by atoms with Crippen LogP contribution in [0.25, 0.3) is 0 Å². The zero-order valence-corrected chi connectivity index (χ0v) is 18.9. The van der Waals surface area contributed by atoms with Gasteiger partial charge >= 0.3 is 5.97 Å². The Hall–Kier alpha value is -3.29. The molecule has 32 heavy (non-hydrogen) atoms. The quantitative estimate of drug-likeness (QED) is 0.407. The lowest BCUT2D eigenvalue weighted by atomic mass is 9.99. The second-order valence-corrected chi connectivity index (χ2v) is 7.50. The standard InChI is InChI=1S/C24H32N2O6/c1-4-26(5-2)22(29)16-31-25-19-12-10-8-6-7-9-11-17(3)32-24(30)23-18(13-19)14-20(27)15-21(23)28/h7,9-10,12,14-15,17,27-28H,4-6,8,11,13,16H2,1-3H3/t17-/m1/s1. The second-order valence-electron chi connectivity index (χ2n) is 7.50. The van der Waals surface area contributed by atoms with Gasteiger partial charge in [0.2, 0.25) is 0 Å². The Morgan fingerprint density at radius 3 is 2.62 bits per heavy atom. The fraction of sp³-hybridized carbons (Fsp3) is 0.458. The molecule has 1 aromatic carbocycles. The van der Waals surface area contributed by atoms with E-state index in [9.17, 15) is 19.8 Å². The summed E-state index contributed by atoms with van der Waals surface area (Å²) in [7, 11) is 0. The molecule has 1 atom stereocenters. The molecular formula is C24H32N2O6. The SMILES string of the molecule is CCN(CC)C(=O)CON=C1C=CCCC=CC[C@@H](C)OC(=O)c2c(O)cc(O)cc2C1. The van der Waals surface area contributed by atoms with Gasteiger partial charge in [0.25, 0.3) is 5.91 Å². The molecule has 0 saturated heterocycles. The number of fused-ring (bicyclic) bond motifs is 1. The molecule has 174 valence electrons. The number of allylic oxidation sites excluding steroid dienone is 3. The van der Waals surface area contributed by atoms with Crippen LogP contribution in [0.1, 0.15) is 56.0 Å². The number of benzene rings is 1. The molecule has 0 fully saturated rings. The number of cyclic esters (lactones) is 1. The van der Waals surface area contributed by atoms with E-state index in [2.05, 4.69) is 5.16 Å². The first-order valence-electron chi connectivity index (χ1n) is 10.9. The van der Waals surface area contributed by atoms with Gasteiger partial charge in [0, 0.05) is 32.0 Å². The minimum absolute atomic E-state index is 0.0315. The molecule has 1 aliphatic heterocycles. The van der Waals surface area contributed by atoms with E-state index < -0.39 is 5.97 Å².